The number of aromatic nitrogens is 1. The maximum Gasteiger partial charge on any atom is 0.268 e. The van der Waals surface area contributed by atoms with E-state index >= 15 is 0 Å². The van der Waals surface area contributed by atoms with E-state index in [-0.39, 0.29) is 23.4 Å². The van der Waals surface area contributed by atoms with Gasteiger partial charge in [-0.25, -0.2) is 4.39 Å². The van der Waals surface area contributed by atoms with Crippen molar-refractivity contribution in [1.82, 2.24) is 14.8 Å². The minimum Gasteiger partial charge on any atom is -0.349 e. The van der Waals surface area contributed by atoms with Crippen LogP contribution >= 0.6 is 0 Å². The van der Waals surface area contributed by atoms with Gasteiger partial charge in [0.25, 0.3) is 11.5 Å². The van der Waals surface area contributed by atoms with Gasteiger partial charge >= 0.3 is 0 Å². The first-order valence-electron chi connectivity index (χ1n) is 9.54. The molecule has 1 aliphatic carbocycles. The summed E-state index contributed by atoms with van der Waals surface area (Å²) in [5, 5.41) is 2.95. The second kappa shape index (κ2) is 7.22. The first-order valence-corrected chi connectivity index (χ1v) is 9.54. The molecule has 2 aromatic rings. The fourth-order valence-electron chi connectivity index (χ4n) is 3.76. The van der Waals surface area contributed by atoms with Gasteiger partial charge in [0.1, 0.15) is 11.4 Å². The molecule has 6 nitrogen and oxygen atoms in total. The molecule has 1 aromatic carbocycles. The van der Waals surface area contributed by atoms with E-state index in [0.29, 0.717) is 30.8 Å². The first kappa shape index (κ1) is 18.4. The van der Waals surface area contributed by atoms with Gasteiger partial charge in [-0.3, -0.25) is 19.0 Å². The number of fused-ring (bicyclic) bond motifs is 1. The van der Waals surface area contributed by atoms with Gasteiger partial charge in [-0.1, -0.05) is 0 Å². The van der Waals surface area contributed by atoms with Crippen LogP contribution < -0.4 is 10.9 Å². The van der Waals surface area contributed by atoms with Crippen LogP contribution in [0, 0.1) is 5.82 Å². The van der Waals surface area contributed by atoms with Gasteiger partial charge < -0.3 is 10.2 Å². The number of hydrogen-bond donors (Lipinski definition) is 1. The van der Waals surface area contributed by atoms with Crippen molar-refractivity contribution >= 4 is 11.8 Å². The molecule has 1 aromatic heterocycles. The van der Waals surface area contributed by atoms with Crippen LogP contribution in [0.15, 0.2) is 35.3 Å². The Hall–Kier alpha value is -2.96. The quantitative estimate of drug-likeness (QED) is 0.883. The van der Waals surface area contributed by atoms with Crippen LogP contribution in [0.3, 0.4) is 0 Å². The minimum atomic E-state index is -0.418. The molecule has 0 saturated heterocycles. The van der Waals surface area contributed by atoms with E-state index in [4.69, 9.17) is 0 Å². The molecule has 1 fully saturated rings. The van der Waals surface area contributed by atoms with Gasteiger partial charge in [-0.05, 0) is 61.1 Å². The number of halogens is 1. The van der Waals surface area contributed by atoms with Crippen LogP contribution in [0.1, 0.15) is 47.7 Å². The van der Waals surface area contributed by atoms with E-state index in [1.807, 2.05) is 0 Å². The number of amides is 2. The molecule has 2 aliphatic rings. The van der Waals surface area contributed by atoms with Crippen molar-refractivity contribution in [2.24, 2.45) is 0 Å². The molecule has 7 heteroatoms. The molecule has 0 unspecified atom stereocenters. The molecule has 0 bridgehead atoms. The number of rotatable bonds is 3. The summed E-state index contributed by atoms with van der Waals surface area (Å²) in [5.74, 6) is -0.815. The van der Waals surface area contributed by atoms with E-state index in [1.165, 1.54) is 35.8 Å². The number of pyridine rings is 1. The van der Waals surface area contributed by atoms with Crippen molar-refractivity contribution in [3.8, 4) is 5.69 Å². The first-order chi connectivity index (χ1) is 13.4. The second-order valence-electron chi connectivity index (χ2n) is 7.45. The van der Waals surface area contributed by atoms with Crippen LogP contribution in [0.5, 0.6) is 0 Å². The Labute approximate surface area is 162 Å². The van der Waals surface area contributed by atoms with E-state index in [0.717, 1.165) is 24.8 Å². The number of carbonyl (C=O) groups excluding carboxylic acids is 2. The van der Waals surface area contributed by atoms with E-state index in [2.05, 4.69) is 5.32 Å². The fraction of sp³-hybridized carbons (Fsp3) is 0.381. The second-order valence-corrected chi connectivity index (χ2v) is 7.45. The molecular weight excluding hydrogens is 361 g/mol. The molecule has 0 radical (unpaired) electrons. The van der Waals surface area contributed by atoms with Crippen molar-refractivity contribution in [3.05, 3.63) is 63.3 Å². The normalized spacial score (nSPS) is 16.3. The highest BCUT2D eigenvalue weighted by molar-refractivity contribution is 5.96. The smallest absolute Gasteiger partial charge is 0.268 e. The van der Waals surface area contributed by atoms with Gasteiger partial charge in [0.05, 0.1) is 0 Å². The van der Waals surface area contributed by atoms with Gasteiger partial charge in [0, 0.05) is 37.9 Å². The number of hydrogen-bond acceptors (Lipinski definition) is 3. The molecule has 0 spiro atoms. The standard InChI is InChI=1S/C21H22FN3O3/c1-13(26)24-10-9-18-14(11-24)12-25(17-7-5-15(22)6-8-17)21(28)19(18)20(27)23-16-3-2-4-16/h5-8,12,16H,2-4,9-11H2,1H3,(H,23,27). The lowest BCUT2D eigenvalue weighted by Crippen LogP contribution is -2.44. The monoisotopic (exact) mass is 383 g/mol. The van der Waals surface area contributed by atoms with Crippen molar-refractivity contribution in [2.45, 2.75) is 45.2 Å². The number of nitrogens with one attached hydrogen (secondary N) is 1. The lowest BCUT2D eigenvalue weighted by molar-refractivity contribution is -0.129. The summed E-state index contributed by atoms with van der Waals surface area (Å²) in [7, 11) is 0. The summed E-state index contributed by atoms with van der Waals surface area (Å²) in [5.41, 5.74) is 1.67. The molecule has 4 rings (SSSR count). The third kappa shape index (κ3) is 3.32. The van der Waals surface area contributed by atoms with Crippen LogP contribution in [0.2, 0.25) is 0 Å². The zero-order chi connectivity index (χ0) is 19.8. The van der Waals surface area contributed by atoms with Crippen molar-refractivity contribution in [2.75, 3.05) is 6.54 Å². The lowest BCUT2D eigenvalue weighted by Gasteiger charge is -2.31. The summed E-state index contributed by atoms with van der Waals surface area (Å²) < 4.78 is 14.7. The Balaban J connectivity index is 1.83. The molecule has 146 valence electrons. The average molecular weight is 383 g/mol. The van der Waals surface area contributed by atoms with Crippen LogP contribution in [0.25, 0.3) is 5.69 Å². The van der Waals surface area contributed by atoms with E-state index < -0.39 is 11.4 Å². The zero-order valence-corrected chi connectivity index (χ0v) is 15.7. The summed E-state index contributed by atoms with van der Waals surface area (Å²) in [4.78, 5) is 39.6. The van der Waals surface area contributed by atoms with Crippen molar-refractivity contribution in [1.29, 1.82) is 0 Å². The third-order valence-electron chi connectivity index (χ3n) is 5.62. The molecule has 0 atom stereocenters. The summed E-state index contributed by atoms with van der Waals surface area (Å²) >= 11 is 0. The van der Waals surface area contributed by atoms with Gasteiger partial charge in [0.15, 0.2) is 0 Å². The fourth-order valence-corrected chi connectivity index (χ4v) is 3.76. The maximum atomic E-state index is 13.3. The van der Waals surface area contributed by atoms with Crippen LogP contribution in [-0.2, 0) is 17.8 Å². The van der Waals surface area contributed by atoms with Crippen LogP contribution in [0.4, 0.5) is 4.39 Å². The highest BCUT2D eigenvalue weighted by Gasteiger charge is 2.29. The minimum absolute atomic E-state index is 0.0503. The summed E-state index contributed by atoms with van der Waals surface area (Å²) in [6, 6.07) is 5.67. The zero-order valence-electron chi connectivity index (χ0n) is 15.7. The highest BCUT2D eigenvalue weighted by Crippen LogP contribution is 2.24. The summed E-state index contributed by atoms with van der Waals surface area (Å²) in [6.07, 6.45) is 5.04. The van der Waals surface area contributed by atoms with Gasteiger partial charge in [-0.2, -0.15) is 0 Å². The Morgan fingerprint density at radius 2 is 1.89 bits per heavy atom. The SMILES string of the molecule is CC(=O)N1CCc2c(cn(-c3ccc(F)cc3)c(=O)c2C(=O)NC2CCC2)C1. The molecule has 1 saturated carbocycles. The highest BCUT2D eigenvalue weighted by atomic mass is 19.1. The predicted octanol–water partition coefficient (Wildman–Crippen LogP) is 2.16. The number of nitrogens with zero attached hydrogens (tertiary/aromatic N) is 2. The number of benzene rings is 1. The summed E-state index contributed by atoms with van der Waals surface area (Å²) in [6.45, 7) is 2.33. The van der Waals surface area contributed by atoms with Crippen molar-refractivity contribution in [3.63, 3.8) is 0 Å². The topological polar surface area (TPSA) is 71.4 Å². The Morgan fingerprint density at radius 1 is 1.18 bits per heavy atom. The molecule has 28 heavy (non-hydrogen) atoms. The Morgan fingerprint density at radius 3 is 2.50 bits per heavy atom. The largest absolute Gasteiger partial charge is 0.349 e. The Kier molecular flexibility index (Phi) is 4.75. The maximum absolute atomic E-state index is 13.3. The van der Waals surface area contributed by atoms with E-state index in [1.54, 1.807) is 11.1 Å². The van der Waals surface area contributed by atoms with Crippen LogP contribution in [-0.4, -0.2) is 33.9 Å². The van der Waals surface area contributed by atoms with Crippen molar-refractivity contribution < 1.29 is 14.0 Å². The molecule has 2 heterocycles. The van der Waals surface area contributed by atoms with E-state index in [9.17, 15) is 18.8 Å². The number of carbonyl (C=O) groups is 2. The molecular formula is C21H22FN3O3. The third-order valence-corrected chi connectivity index (χ3v) is 5.62. The predicted molar refractivity (Wildman–Crippen MR) is 102 cm³/mol. The molecule has 2 amide bonds. The van der Waals surface area contributed by atoms with Gasteiger partial charge in [0.2, 0.25) is 5.91 Å². The lowest BCUT2D eigenvalue weighted by atomic mass is 9.91. The molecule has 1 N–H and O–H groups in total. The van der Waals surface area contributed by atoms with Gasteiger partial charge in [-0.15, -0.1) is 0 Å². The average Bonchev–Trinajstić information content (AvgIpc) is 2.64. The molecule has 1 aliphatic heterocycles. The Bertz CT molecular complexity index is 993.